The van der Waals surface area contributed by atoms with Gasteiger partial charge in [0.25, 0.3) is 0 Å². The third-order valence-corrected chi connectivity index (χ3v) is 2.23. The SMILES string of the molecule is CCCn1c(C)nnc1CCNCC. The summed E-state index contributed by atoms with van der Waals surface area (Å²) in [6.07, 6.45) is 2.10. The number of nitrogens with zero attached hydrogens (tertiary/aromatic N) is 3. The second-order valence-corrected chi connectivity index (χ2v) is 3.42. The summed E-state index contributed by atoms with van der Waals surface area (Å²) in [5.41, 5.74) is 0. The molecule has 0 aromatic carbocycles. The summed E-state index contributed by atoms with van der Waals surface area (Å²) in [5.74, 6) is 2.13. The fourth-order valence-electron chi connectivity index (χ4n) is 1.50. The molecule has 0 saturated heterocycles. The Morgan fingerprint density at radius 2 is 2.07 bits per heavy atom. The minimum absolute atomic E-state index is 0.967. The minimum atomic E-state index is 0.967. The van der Waals surface area contributed by atoms with Gasteiger partial charge in [-0.05, 0) is 19.9 Å². The molecule has 1 rings (SSSR count). The Balaban J connectivity index is 2.56. The number of aryl methyl sites for hydroxylation is 1. The van der Waals surface area contributed by atoms with Crippen LogP contribution in [0.4, 0.5) is 0 Å². The molecule has 0 saturated carbocycles. The highest BCUT2D eigenvalue weighted by atomic mass is 15.3. The Labute approximate surface area is 85.7 Å². The Morgan fingerprint density at radius 1 is 1.29 bits per heavy atom. The Morgan fingerprint density at radius 3 is 2.71 bits per heavy atom. The first kappa shape index (κ1) is 11.2. The summed E-state index contributed by atoms with van der Waals surface area (Å²) in [4.78, 5) is 0. The van der Waals surface area contributed by atoms with Crippen LogP contribution in [0.3, 0.4) is 0 Å². The largest absolute Gasteiger partial charge is 0.317 e. The third kappa shape index (κ3) is 2.80. The lowest BCUT2D eigenvalue weighted by Gasteiger charge is -2.06. The van der Waals surface area contributed by atoms with Crippen LogP contribution in [0.1, 0.15) is 31.9 Å². The van der Waals surface area contributed by atoms with E-state index in [0.29, 0.717) is 0 Å². The van der Waals surface area contributed by atoms with Crippen molar-refractivity contribution in [2.45, 2.75) is 40.2 Å². The van der Waals surface area contributed by atoms with Gasteiger partial charge < -0.3 is 9.88 Å². The normalized spacial score (nSPS) is 10.8. The predicted molar refractivity (Wildman–Crippen MR) is 57.3 cm³/mol. The molecular weight excluding hydrogens is 176 g/mol. The van der Waals surface area contributed by atoms with Crippen LogP contribution in [-0.4, -0.2) is 27.9 Å². The molecule has 1 aromatic rings. The zero-order valence-corrected chi connectivity index (χ0v) is 9.38. The lowest BCUT2D eigenvalue weighted by atomic mass is 10.3. The molecule has 0 aliphatic carbocycles. The second-order valence-electron chi connectivity index (χ2n) is 3.42. The minimum Gasteiger partial charge on any atom is -0.317 e. The summed E-state index contributed by atoms with van der Waals surface area (Å²) in [7, 11) is 0. The molecule has 0 aliphatic rings. The van der Waals surface area contributed by atoms with Crippen molar-refractivity contribution in [3.63, 3.8) is 0 Å². The average Bonchev–Trinajstić information content (AvgIpc) is 2.51. The van der Waals surface area contributed by atoms with Crippen LogP contribution < -0.4 is 5.32 Å². The Bertz CT molecular complexity index is 267. The van der Waals surface area contributed by atoms with E-state index in [2.05, 4.69) is 33.9 Å². The summed E-state index contributed by atoms with van der Waals surface area (Å²) in [6, 6.07) is 0. The standard InChI is InChI=1S/C10H20N4/c1-4-8-14-9(3)12-13-10(14)6-7-11-5-2/h11H,4-8H2,1-3H3. The number of rotatable bonds is 6. The quantitative estimate of drug-likeness (QED) is 0.694. The maximum Gasteiger partial charge on any atom is 0.134 e. The molecule has 0 bridgehead atoms. The highest BCUT2D eigenvalue weighted by molar-refractivity contribution is 4.94. The van der Waals surface area contributed by atoms with Crippen molar-refractivity contribution >= 4 is 0 Å². The highest BCUT2D eigenvalue weighted by Gasteiger charge is 2.06. The molecule has 4 nitrogen and oxygen atoms in total. The number of aromatic nitrogens is 3. The van der Waals surface area contributed by atoms with Gasteiger partial charge in [-0.2, -0.15) is 0 Å². The van der Waals surface area contributed by atoms with Crippen molar-refractivity contribution in [2.75, 3.05) is 13.1 Å². The lowest BCUT2D eigenvalue weighted by Crippen LogP contribution is -2.18. The summed E-state index contributed by atoms with van der Waals surface area (Å²) >= 11 is 0. The molecule has 80 valence electrons. The van der Waals surface area contributed by atoms with Crippen LogP contribution >= 0.6 is 0 Å². The van der Waals surface area contributed by atoms with Gasteiger partial charge in [-0.25, -0.2) is 0 Å². The van der Waals surface area contributed by atoms with E-state index in [0.717, 1.165) is 44.1 Å². The van der Waals surface area contributed by atoms with Gasteiger partial charge in [0.15, 0.2) is 0 Å². The molecule has 4 heteroatoms. The van der Waals surface area contributed by atoms with Crippen LogP contribution in [0.25, 0.3) is 0 Å². The zero-order chi connectivity index (χ0) is 10.4. The van der Waals surface area contributed by atoms with Gasteiger partial charge in [-0.1, -0.05) is 13.8 Å². The monoisotopic (exact) mass is 196 g/mol. The van der Waals surface area contributed by atoms with Crippen molar-refractivity contribution in [2.24, 2.45) is 0 Å². The molecular formula is C10H20N4. The van der Waals surface area contributed by atoms with Crippen LogP contribution in [0, 0.1) is 6.92 Å². The first-order valence-corrected chi connectivity index (χ1v) is 5.39. The van der Waals surface area contributed by atoms with Gasteiger partial charge in [-0.15, -0.1) is 10.2 Å². The maximum atomic E-state index is 4.18. The van der Waals surface area contributed by atoms with Gasteiger partial charge in [-0.3, -0.25) is 0 Å². The van der Waals surface area contributed by atoms with Crippen molar-refractivity contribution in [3.05, 3.63) is 11.6 Å². The first-order chi connectivity index (χ1) is 6.79. The van der Waals surface area contributed by atoms with E-state index in [9.17, 15) is 0 Å². The van der Waals surface area contributed by atoms with Crippen LogP contribution in [-0.2, 0) is 13.0 Å². The van der Waals surface area contributed by atoms with Gasteiger partial charge in [0.1, 0.15) is 11.6 Å². The fourth-order valence-corrected chi connectivity index (χ4v) is 1.50. The third-order valence-electron chi connectivity index (χ3n) is 2.23. The van der Waals surface area contributed by atoms with E-state index in [1.54, 1.807) is 0 Å². The molecule has 0 fully saturated rings. The molecule has 0 amide bonds. The summed E-state index contributed by atoms with van der Waals surface area (Å²) in [6.45, 7) is 9.33. The predicted octanol–water partition coefficient (Wildman–Crippen LogP) is 1.15. The fraction of sp³-hybridized carbons (Fsp3) is 0.800. The second kappa shape index (κ2) is 5.75. The van der Waals surface area contributed by atoms with Crippen LogP contribution in [0.5, 0.6) is 0 Å². The van der Waals surface area contributed by atoms with E-state index in [4.69, 9.17) is 0 Å². The lowest BCUT2D eigenvalue weighted by molar-refractivity contribution is 0.603. The molecule has 1 heterocycles. The number of hydrogen-bond acceptors (Lipinski definition) is 3. The first-order valence-electron chi connectivity index (χ1n) is 5.39. The number of nitrogens with one attached hydrogen (secondary N) is 1. The molecule has 1 aromatic heterocycles. The molecule has 0 unspecified atom stereocenters. The van der Waals surface area contributed by atoms with Crippen molar-refractivity contribution in [1.29, 1.82) is 0 Å². The van der Waals surface area contributed by atoms with Crippen molar-refractivity contribution in [1.82, 2.24) is 20.1 Å². The highest BCUT2D eigenvalue weighted by Crippen LogP contribution is 2.02. The van der Waals surface area contributed by atoms with Gasteiger partial charge >= 0.3 is 0 Å². The molecule has 14 heavy (non-hydrogen) atoms. The summed E-state index contributed by atoms with van der Waals surface area (Å²) in [5, 5.41) is 11.6. The number of likely N-dealkylation sites (N-methyl/N-ethyl adjacent to an activating group) is 1. The van der Waals surface area contributed by atoms with E-state index >= 15 is 0 Å². The molecule has 1 N–H and O–H groups in total. The van der Waals surface area contributed by atoms with Gasteiger partial charge in [0.05, 0.1) is 0 Å². The van der Waals surface area contributed by atoms with E-state index in [1.807, 2.05) is 6.92 Å². The van der Waals surface area contributed by atoms with Crippen LogP contribution in [0.2, 0.25) is 0 Å². The summed E-state index contributed by atoms with van der Waals surface area (Å²) < 4.78 is 2.21. The molecule has 0 atom stereocenters. The van der Waals surface area contributed by atoms with Gasteiger partial charge in [0, 0.05) is 19.5 Å². The van der Waals surface area contributed by atoms with E-state index < -0.39 is 0 Å². The zero-order valence-electron chi connectivity index (χ0n) is 9.38. The topological polar surface area (TPSA) is 42.7 Å². The molecule has 0 radical (unpaired) electrons. The van der Waals surface area contributed by atoms with Gasteiger partial charge in [0.2, 0.25) is 0 Å². The maximum absolute atomic E-state index is 4.18. The van der Waals surface area contributed by atoms with E-state index in [1.165, 1.54) is 0 Å². The molecule has 0 spiro atoms. The Hall–Kier alpha value is -0.900. The van der Waals surface area contributed by atoms with Crippen molar-refractivity contribution in [3.8, 4) is 0 Å². The number of hydrogen-bond donors (Lipinski definition) is 1. The van der Waals surface area contributed by atoms with Crippen LogP contribution in [0.15, 0.2) is 0 Å². The van der Waals surface area contributed by atoms with Crippen molar-refractivity contribution < 1.29 is 0 Å². The van der Waals surface area contributed by atoms with E-state index in [-0.39, 0.29) is 0 Å². The smallest absolute Gasteiger partial charge is 0.134 e. The molecule has 0 aliphatic heterocycles. The average molecular weight is 196 g/mol. The Kier molecular flexibility index (Phi) is 4.59.